The van der Waals surface area contributed by atoms with E-state index in [2.05, 4.69) is 27.0 Å². The van der Waals surface area contributed by atoms with Gasteiger partial charge in [0.1, 0.15) is 0 Å². The molecule has 148 valence electrons. The number of aryl methyl sites for hydroxylation is 3. The van der Waals surface area contributed by atoms with Crippen LogP contribution in [0.4, 0.5) is 0 Å². The zero-order valence-electron chi connectivity index (χ0n) is 17.4. The molecule has 2 aliphatic rings. The van der Waals surface area contributed by atoms with Crippen LogP contribution in [0.25, 0.3) is 0 Å². The number of allylic oxidation sites excluding steroid dienone is 1. The van der Waals surface area contributed by atoms with E-state index in [-0.39, 0.29) is 11.5 Å². The Labute approximate surface area is 165 Å². The van der Waals surface area contributed by atoms with Gasteiger partial charge in [0.05, 0.1) is 4.90 Å². The summed E-state index contributed by atoms with van der Waals surface area (Å²) in [6, 6.07) is 3.94. The summed E-state index contributed by atoms with van der Waals surface area (Å²) in [4.78, 5) is 0.493. The lowest BCUT2D eigenvalue weighted by Crippen LogP contribution is -2.45. The molecule has 1 aromatic carbocycles. The van der Waals surface area contributed by atoms with Gasteiger partial charge < -0.3 is 0 Å². The minimum absolute atomic E-state index is 0.00921. The minimum Gasteiger partial charge on any atom is -0.207 e. The lowest BCUT2D eigenvalue weighted by Gasteiger charge is -2.37. The number of rotatable bonds is 7. The molecule has 3 rings (SSSR count). The molecule has 0 unspecified atom stereocenters. The molecule has 1 saturated heterocycles. The van der Waals surface area contributed by atoms with E-state index in [0.29, 0.717) is 23.3 Å². The zero-order chi connectivity index (χ0) is 20.1. The van der Waals surface area contributed by atoms with Gasteiger partial charge in [-0.2, -0.15) is 4.31 Å². The summed E-state index contributed by atoms with van der Waals surface area (Å²) in [6.45, 7) is 19.0. The summed E-state index contributed by atoms with van der Waals surface area (Å²) in [5.41, 5.74) is 3.87. The first kappa shape index (κ1) is 20.3. The Morgan fingerprint density at radius 1 is 1.33 bits per heavy atom. The van der Waals surface area contributed by atoms with Gasteiger partial charge in [0.15, 0.2) is 0 Å². The van der Waals surface area contributed by atoms with Crippen LogP contribution >= 0.6 is 0 Å². The van der Waals surface area contributed by atoms with Gasteiger partial charge in [-0.15, -0.1) is 6.58 Å². The second-order valence-corrected chi connectivity index (χ2v) is 10.5. The standard InChI is InChI=1S/C23H33NO2S/c1-8-10-19(7)23-13-20(23)14-24(22(23)16(4)9-2)27(25,26)21-17(5)11-15(3)12-18(21)6/h8,11-12,16,20,22H,1,7,9-10,13-14H2,2-6H3/t16-,20-,22-,23+/m0/s1. The molecule has 0 N–H and O–H groups in total. The third-order valence-electron chi connectivity index (χ3n) is 6.79. The van der Waals surface area contributed by atoms with Crippen molar-refractivity contribution < 1.29 is 8.42 Å². The van der Waals surface area contributed by atoms with Gasteiger partial charge in [-0.05, 0) is 56.6 Å². The van der Waals surface area contributed by atoms with Crippen LogP contribution in [0.1, 0.15) is 49.8 Å². The molecule has 4 atom stereocenters. The fourth-order valence-corrected chi connectivity index (χ4v) is 7.72. The molecule has 0 spiro atoms. The molecule has 27 heavy (non-hydrogen) atoms. The Balaban J connectivity index is 2.09. The van der Waals surface area contributed by atoms with Gasteiger partial charge in [0, 0.05) is 18.0 Å². The van der Waals surface area contributed by atoms with Crippen LogP contribution in [0.15, 0.2) is 41.8 Å². The highest BCUT2D eigenvalue weighted by molar-refractivity contribution is 7.89. The van der Waals surface area contributed by atoms with Crippen LogP contribution in [0.3, 0.4) is 0 Å². The number of nitrogens with zero attached hydrogens (tertiary/aromatic N) is 1. The molecule has 4 heteroatoms. The lowest BCUT2D eigenvalue weighted by atomic mass is 9.80. The van der Waals surface area contributed by atoms with Gasteiger partial charge in [-0.3, -0.25) is 0 Å². The van der Waals surface area contributed by atoms with Crippen molar-refractivity contribution in [2.45, 2.75) is 64.8 Å². The second-order valence-electron chi connectivity index (χ2n) is 8.67. The summed E-state index contributed by atoms with van der Waals surface area (Å²) in [5, 5.41) is 0. The first-order valence-electron chi connectivity index (χ1n) is 10.00. The van der Waals surface area contributed by atoms with Crippen LogP contribution in [0.5, 0.6) is 0 Å². The van der Waals surface area contributed by atoms with Gasteiger partial charge in [-0.25, -0.2) is 8.42 Å². The maximum absolute atomic E-state index is 13.8. The topological polar surface area (TPSA) is 37.4 Å². The maximum atomic E-state index is 13.8. The molecule has 0 radical (unpaired) electrons. The Bertz CT molecular complexity index is 863. The molecule has 3 nitrogen and oxygen atoms in total. The lowest BCUT2D eigenvalue weighted by molar-refractivity contribution is 0.221. The summed E-state index contributed by atoms with van der Waals surface area (Å²) in [6.07, 6.45) is 4.68. The van der Waals surface area contributed by atoms with Gasteiger partial charge in [-0.1, -0.05) is 56.2 Å². The Hall–Kier alpha value is -1.39. The van der Waals surface area contributed by atoms with Crippen LogP contribution in [-0.2, 0) is 10.0 Å². The average molecular weight is 388 g/mol. The molecule has 1 aromatic rings. The highest BCUT2D eigenvalue weighted by Gasteiger charge is 2.69. The van der Waals surface area contributed by atoms with E-state index in [1.807, 2.05) is 43.3 Å². The van der Waals surface area contributed by atoms with E-state index in [1.54, 1.807) is 0 Å². The largest absolute Gasteiger partial charge is 0.243 e. The van der Waals surface area contributed by atoms with Crippen molar-refractivity contribution >= 4 is 10.0 Å². The van der Waals surface area contributed by atoms with Crippen molar-refractivity contribution in [3.63, 3.8) is 0 Å². The van der Waals surface area contributed by atoms with E-state index in [9.17, 15) is 8.42 Å². The predicted molar refractivity (Wildman–Crippen MR) is 112 cm³/mol. The predicted octanol–water partition coefficient (Wildman–Crippen LogP) is 5.17. The Kier molecular flexibility index (Phi) is 5.19. The van der Waals surface area contributed by atoms with Crippen LogP contribution in [0.2, 0.25) is 0 Å². The summed E-state index contributed by atoms with van der Waals surface area (Å²) < 4.78 is 29.4. The van der Waals surface area contributed by atoms with Crippen LogP contribution in [0, 0.1) is 38.0 Å². The number of fused-ring (bicyclic) bond motifs is 1. The van der Waals surface area contributed by atoms with E-state index in [0.717, 1.165) is 41.5 Å². The summed E-state index contributed by atoms with van der Waals surface area (Å²) >= 11 is 0. The first-order chi connectivity index (χ1) is 12.6. The molecule has 1 heterocycles. The third-order valence-corrected chi connectivity index (χ3v) is 8.95. The Morgan fingerprint density at radius 2 is 1.93 bits per heavy atom. The molecule has 0 bridgehead atoms. The smallest absolute Gasteiger partial charge is 0.207 e. The first-order valence-corrected chi connectivity index (χ1v) is 11.4. The van der Waals surface area contributed by atoms with Gasteiger partial charge in [0.25, 0.3) is 0 Å². The average Bonchev–Trinajstić information content (AvgIpc) is 3.19. The number of benzene rings is 1. The van der Waals surface area contributed by atoms with Crippen molar-refractivity contribution in [2.24, 2.45) is 17.3 Å². The molecule has 2 fully saturated rings. The third kappa shape index (κ3) is 3.01. The van der Waals surface area contributed by atoms with E-state index in [4.69, 9.17) is 0 Å². The molecular weight excluding hydrogens is 354 g/mol. The minimum atomic E-state index is -3.54. The van der Waals surface area contributed by atoms with Crippen LogP contribution in [-0.4, -0.2) is 25.3 Å². The van der Waals surface area contributed by atoms with E-state index in [1.165, 1.54) is 0 Å². The maximum Gasteiger partial charge on any atom is 0.243 e. The summed E-state index contributed by atoms with van der Waals surface area (Å²) in [5.74, 6) is 0.685. The van der Waals surface area contributed by atoms with Crippen molar-refractivity contribution in [3.8, 4) is 0 Å². The molecule has 1 aliphatic heterocycles. The molecular formula is C23H33NO2S. The zero-order valence-corrected chi connectivity index (χ0v) is 18.2. The fraction of sp³-hybridized carbons (Fsp3) is 0.565. The van der Waals surface area contributed by atoms with Gasteiger partial charge >= 0.3 is 0 Å². The van der Waals surface area contributed by atoms with Gasteiger partial charge in [0.2, 0.25) is 10.0 Å². The molecule has 0 amide bonds. The number of sulfonamides is 1. The quantitative estimate of drug-likeness (QED) is 0.605. The molecule has 0 aromatic heterocycles. The fourth-order valence-electron chi connectivity index (χ4n) is 5.49. The van der Waals surface area contributed by atoms with E-state index >= 15 is 0 Å². The normalized spacial score (nSPS) is 28.6. The highest BCUT2D eigenvalue weighted by Crippen LogP contribution is 2.68. The number of hydrogen-bond acceptors (Lipinski definition) is 2. The SMILES string of the molecule is C=CCC(=C)[C@]12C[C@H]1CN(S(=O)(=O)c1c(C)cc(C)cc1C)[C@H]2[C@@H](C)CC. The molecule has 1 aliphatic carbocycles. The molecule has 1 saturated carbocycles. The van der Waals surface area contributed by atoms with E-state index < -0.39 is 10.0 Å². The second kappa shape index (κ2) is 6.89. The monoisotopic (exact) mass is 387 g/mol. The van der Waals surface area contributed by atoms with Crippen molar-refractivity contribution in [1.29, 1.82) is 0 Å². The highest BCUT2D eigenvalue weighted by atomic mass is 32.2. The van der Waals surface area contributed by atoms with Crippen molar-refractivity contribution in [1.82, 2.24) is 4.31 Å². The summed E-state index contributed by atoms with van der Waals surface area (Å²) in [7, 11) is -3.54. The van der Waals surface area contributed by atoms with Crippen LogP contribution < -0.4 is 0 Å². The number of piperidine rings is 1. The number of hydrogen-bond donors (Lipinski definition) is 0. The van der Waals surface area contributed by atoms with Crippen molar-refractivity contribution in [3.05, 3.63) is 53.6 Å². The Morgan fingerprint density at radius 3 is 2.44 bits per heavy atom. The van der Waals surface area contributed by atoms with Crippen molar-refractivity contribution in [2.75, 3.05) is 6.54 Å².